The van der Waals surface area contributed by atoms with E-state index in [9.17, 15) is 0 Å². The molecule has 18 heavy (non-hydrogen) atoms. The van der Waals surface area contributed by atoms with Crippen molar-refractivity contribution in [3.8, 4) is 0 Å². The summed E-state index contributed by atoms with van der Waals surface area (Å²) < 4.78 is 5.66. The summed E-state index contributed by atoms with van der Waals surface area (Å²) in [5.41, 5.74) is 0.294. The maximum Gasteiger partial charge on any atom is 0.257 e. The van der Waals surface area contributed by atoms with Crippen molar-refractivity contribution in [2.24, 2.45) is 23.7 Å². The summed E-state index contributed by atoms with van der Waals surface area (Å²) >= 11 is 5.37. The highest BCUT2D eigenvalue weighted by molar-refractivity contribution is 7.80. The zero-order valence-corrected chi connectivity index (χ0v) is 12.4. The van der Waals surface area contributed by atoms with E-state index in [2.05, 4.69) is 19.2 Å². The lowest BCUT2D eigenvalue weighted by Crippen LogP contribution is -2.59. The van der Waals surface area contributed by atoms with Crippen LogP contribution in [0.1, 0.15) is 52.4 Å². The van der Waals surface area contributed by atoms with Gasteiger partial charge in [-0.2, -0.15) is 0 Å². The van der Waals surface area contributed by atoms with Crippen LogP contribution in [0, 0.1) is 23.7 Å². The third-order valence-electron chi connectivity index (χ3n) is 4.95. The highest BCUT2D eigenvalue weighted by Crippen LogP contribution is 2.55. The molecule has 0 aromatic carbocycles. The van der Waals surface area contributed by atoms with E-state index in [0.29, 0.717) is 16.6 Å². The third-order valence-corrected chi connectivity index (χ3v) is 5.17. The van der Waals surface area contributed by atoms with Gasteiger partial charge in [-0.1, -0.05) is 13.8 Å². The van der Waals surface area contributed by atoms with Gasteiger partial charge >= 0.3 is 0 Å². The largest absolute Gasteiger partial charge is 0.471 e. The number of thiocarbonyl (C=S) groups is 1. The van der Waals surface area contributed by atoms with E-state index in [1.54, 1.807) is 0 Å². The van der Waals surface area contributed by atoms with E-state index in [1.807, 2.05) is 0 Å². The molecule has 2 nitrogen and oxygen atoms in total. The molecular formula is C15H25NOS. The normalized spacial score (nSPS) is 41.2. The Morgan fingerprint density at radius 1 is 1.17 bits per heavy atom. The predicted molar refractivity (Wildman–Crippen MR) is 77.4 cm³/mol. The summed E-state index contributed by atoms with van der Waals surface area (Å²) in [6, 6.07) is 0. The molecule has 0 radical (unpaired) electrons. The van der Waals surface area contributed by atoms with Crippen LogP contribution in [0.3, 0.4) is 0 Å². The van der Waals surface area contributed by atoms with Crippen LogP contribution in [-0.4, -0.2) is 17.3 Å². The molecule has 4 aliphatic rings. The van der Waals surface area contributed by atoms with Crippen molar-refractivity contribution in [3.05, 3.63) is 0 Å². The summed E-state index contributed by atoms with van der Waals surface area (Å²) in [5, 5.41) is 4.23. The van der Waals surface area contributed by atoms with Gasteiger partial charge in [-0.3, -0.25) is 0 Å². The van der Waals surface area contributed by atoms with Crippen molar-refractivity contribution in [1.82, 2.24) is 5.32 Å². The van der Waals surface area contributed by atoms with E-state index < -0.39 is 0 Å². The van der Waals surface area contributed by atoms with Gasteiger partial charge in [0.05, 0.1) is 6.61 Å². The second-order valence-corrected chi connectivity index (χ2v) is 7.69. The minimum absolute atomic E-state index is 0.294. The smallest absolute Gasteiger partial charge is 0.257 e. The van der Waals surface area contributed by atoms with Crippen molar-refractivity contribution in [2.45, 2.75) is 57.9 Å². The summed E-state index contributed by atoms with van der Waals surface area (Å²) in [7, 11) is 0. The van der Waals surface area contributed by atoms with E-state index in [0.717, 1.165) is 24.4 Å². The standard InChI is InChI=1S/C15H25NOS/c1-10(2)9-17-14(18)16-15-6-11-3-12(7-15)5-13(4-11)8-15/h10-13H,3-9H2,1-2H3,(H,16,18). The maximum atomic E-state index is 5.66. The number of hydrogen-bond acceptors (Lipinski definition) is 2. The molecule has 4 saturated carbocycles. The monoisotopic (exact) mass is 267 g/mol. The van der Waals surface area contributed by atoms with E-state index >= 15 is 0 Å². The third kappa shape index (κ3) is 2.52. The summed E-state index contributed by atoms with van der Waals surface area (Å²) in [4.78, 5) is 0. The molecular weight excluding hydrogens is 242 g/mol. The zero-order chi connectivity index (χ0) is 12.8. The first-order valence-corrected chi connectivity index (χ1v) is 7.90. The van der Waals surface area contributed by atoms with Crippen LogP contribution in [0.4, 0.5) is 0 Å². The quantitative estimate of drug-likeness (QED) is 0.791. The molecule has 0 heterocycles. The fraction of sp³-hybridized carbons (Fsp3) is 0.933. The number of rotatable bonds is 3. The average Bonchev–Trinajstić information content (AvgIpc) is 2.23. The molecule has 4 rings (SSSR count). The number of ether oxygens (including phenoxy) is 1. The van der Waals surface area contributed by atoms with Crippen LogP contribution in [0.25, 0.3) is 0 Å². The topological polar surface area (TPSA) is 21.3 Å². The molecule has 0 unspecified atom stereocenters. The first-order chi connectivity index (χ1) is 8.55. The Labute approximate surface area is 116 Å². The molecule has 4 bridgehead atoms. The number of nitrogens with one attached hydrogen (secondary N) is 1. The molecule has 0 aromatic rings. The minimum Gasteiger partial charge on any atom is -0.471 e. The first kappa shape index (κ1) is 12.7. The Morgan fingerprint density at radius 2 is 1.67 bits per heavy atom. The summed E-state index contributed by atoms with van der Waals surface area (Å²) in [5.74, 6) is 3.41. The SMILES string of the molecule is CC(C)COC(=S)NC12CC3CC(CC(C3)C1)C2. The highest BCUT2D eigenvalue weighted by atomic mass is 32.1. The Hall–Kier alpha value is -0.310. The van der Waals surface area contributed by atoms with Gasteiger partial charge in [0, 0.05) is 5.54 Å². The molecule has 0 aliphatic heterocycles. The van der Waals surface area contributed by atoms with Crippen molar-refractivity contribution >= 4 is 17.4 Å². The molecule has 102 valence electrons. The molecule has 0 amide bonds. The van der Waals surface area contributed by atoms with Crippen LogP contribution in [0.5, 0.6) is 0 Å². The van der Waals surface area contributed by atoms with Crippen LogP contribution in [-0.2, 0) is 4.74 Å². The van der Waals surface area contributed by atoms with Gasteiger partial charge in [-0.15, -0.1) is 0 Å². The molecule has 4 fully saturated rings. The van der Waals surface area contributed by atoms with Crippen LogP contribution < -0.4 is 5.32 Å². The predicted octanol–water partition coefficient (Wildman–Crippen LogP) is 3.50. The van der Waals surface area contributed by atoms with Gasteiger partial charge < -0.3 is 10.1 Å². The van der Waals surface area contributed by atoms with E-state index in [1.165, 1.54) is 38.5 Å². The molecule has 0 spiro atoms. The number of hydrogen-bond donors (Lipinski definition) is 1. The maximum absolute atomic E-state index is 5.66. The first-order valence-electron chi connectivity index (χ1n) is 7.49. The van der Waals surface area contributed by atoms with E-state index in [-0.39, 0.29) is 0 Å². The second kappa shape index (κ2) is 4.66. The van der Waals surface area contributed by atoms with Gasteiger partial charge in [0.2, 0.25) is 0 Å². The van der Waals surface area contributed by atoms with Gasteiger partial charge in [0.1, 0.15) is 0 Å². The molecule has 3 heteroatoms. The van der Waals surface area contributed by atoms with Crippen molar-refractivity contribution in [3.63, 3.8) is 0 Å². The Balaban J connectivity index is 1.60. The van der Waals surface area contributed by atoms with Gasteiger partial charge in [0.15, 0.2) is 0 Å². The molecule has 4 aliphatic carbocycles. The fourth-order valence-corrected chi connectivity index (χ4v) is 5.04. The van der Waals surface area contributed by atoms with Crippen molar-refractivity contribution in [1.29, 1.82) is 0 Å². The Morgan fingerprint density at radius 3 is 2.11 bits per heavy atom. The average molecular weight is 267 g/mol. The van der Waals surface area contributed by atoms with Gasteiger partial charge in [-0.25, -0.2) is 0 Å². The van der Waals surface area contributed by atoms with Crippen LogP contribution >= 0.6 is 12.2 Å². The summed E-state index contributed by atoms with van der Waals surface area (Å²) in [6.07, 6.45) is 8.39. The lowest BCUT2D eigenvalue weighted by molar-refractivity contribution is -0.0128. The summed E-state index contributed by atoms with van der Waals surface area (Å²) in [6.45, 7) is 5.05. The molecule has 0 aromatic heterocycles. The lowest BCUT2D eigenvalue weighted by atomic mass is 9.53. The van der Waals surface area contributed by atoms with Gasteiger partial charge in [0.25, 0.3) is 5.17 Å². The fourth-order valence-electron chi connectivity index (χ4n) is 4.76. The Kier molecular flexibility index (Phi) is 3.29. The van der Waals surface area contributed by atoms with Crippen LogP contribution in [0.15, 0.2) is 0 Å². The van der Waals surface area contributed by atoms with Crippen LogP contribution in [0.2, 0.25) is 0 Å². The lowest BCUT2D eigenvalue weighted by Gasteiger charge is -2.57. The Bertz CT molecular complexity index is 304. The second-order valence-electron chi connectivity index (χ2n) is 7.32. The molecule has 0 saturated heterocycles. The van der Waals surface area contributed by atoms with Crippen molar-refractivity contribution in [2.75, 3.05) is 6.61 Å². The minimum atomic E-state index is 0.294. The highest BCUT2D eigenvalue weighted by Gasteiger charge is 2.51. The molecule has 1 N–H and O–H groups in total. The van der Waals surface area contributed by atoms with E-state index in [4.69, 9.17) is 17.0 Å². The van der Waals surface area contributed by atoms with Crippen molar-refractivity contribution < 1.29 is 4.74 Å². The molecule has 0 atom stereocenters. The zero-order valence-electron chi connectivity index (χ0n) is 11.6. The van der Waals surface area contributed by atoms with Gasteiger partial charge in [-0.05, 0) is 74.4 Å².